The molecule has 0 radical (unpaired) electrons. The summed E-state index contributed by atoms with van der Waals surface area (Å²) < 4.78 is 27.5. The number of fused-ring (bicyclic) bond motifs is 4. The van der Waals surface area contributed by atoms with Gasteiger partial charge in [-0.2, -0.15) is 0 Å². The molecule has 8 atom stereocenters. The number of carboxylic acid groups (broad SMARTS) is 1. The third-order valence-electron chi connectivity index (χ3n) is 13.9. The predicted octanol–water partition coefficient (Wildman–Crippen LogP) is 10.5. The first-order valence-corrected chi connectivity index (χ1v) is 21.9. The van der Waals surface area contributed by atoms with Crippen molar-refractivity contribution in [1.29, 1.82) is 0 Å². The molecule has 10 rings (SSSR count). The van der Waals surface area contributed by atoms with E-state index in [2.05, 4.69) is 37.8 Å². The van der Waals surface area contributed by atoms with Crippen molar-refractivity contribution in [3.63, 3.8) is 0 Å². The van der Waals surface area contributed by atoms with Gasteiger partial charge < -0.3 is 10.8 Å². The highest BCUT2D eigenvalue weighted by Crippen LogP contribution is 2.55. The molecule has 0 aliphatic heterocycles. The molecule has 6 aromatic rings. The Morgan fingerprint density at radius 2 is 1.10 bits per heavy atom. The molecule has 4 heterocycles. The summed E-state index contributed by atoms with van der Waals surface area (Å²) in [5, 5.41) is 10.8. The molecular weight excluding hydrogens is 793 g/mol. The van der Waals surface area contributed by atoms with Gasteiger partial charge in [-0.3, -0.25) is 24.5 Å². The first kappa shape index (κ1) is 43.1. The lowest BCUT2D eigenvalue weighted by molar-refractivity contribution is -0.138. The van der Waals surface area contributed by atoms with Crippen molar-refractivity contribution >= 4 is 39.4 Å². The van der Waals surface area contributed by atoms with Gasteiger partial charge in [0.2, 0.25) is 0 Å². The molecule has 4 unspecified atom stereocenters. The first-order valence-electron chi connectivity index (χ1n) is 21.9. The molecule has 0 saturated heterocycles. The second kappa shape index (κ2) is 19.3. The van der Waals surface area contributed by atoms with E-state index in [9.17, 15) is 18.4 Å². The van der Waals surface area contributed by atoms with Gasteiger partial charge in [-0.25, -0.2) is 13.8 Å². The molecule has 320 valence electrons. The van der Waals surface area contributed by atoms with E-state index in [-0.39, 0.29) is 17.4 Å². The van der Waals surface area contributed by atoms with Crippen LogP contribution in [0.15, 0.2) is 97.6 Å². The third kappa shape index (κ3) is 10.4. The van der Waals surface area contributed by atoms with Crippen molar-refractivity contribution in [2.45, 2.75) is 82.5 Å². The van der Waals surface area contributed by atoms with Gasteiger partial charge >= 0.3 is 5.97 Å². The Balaban J connectivity index is 0.000000149. The SMILES string of the molecule is C#Cc1ccc(CC(=O)CC2C[C@@H]3CC(c4ccnc5ccc(F)cc45)C[C@@H]3C2)nc1.C#Cc1ccc(N)nc1.O=C(O)CC1C[C@@H]2CC(c3ccnc4ccc(F)cc34)C[C@@H]2C1. The minimum atomic E-state index is -0.679. The van der Waals surface area contributed by atoms with E-state index in [4.69, 9.17) is 23.7 Å². The second-order valence-corrected chi connectivity index (χ2v) is 18.0. The molecule has 0 spiro atoms. The third-order valence-corrected chi connectivity index (χ3v) is 13.9. The number of carbonyl (C=O) groups is 2. The van der Waals surface area contributed by atoms with E-state index >= 15 is 0 Å². The van der Waals surface area contributed by atoms with E-state index in [1.807, 2.05) is 30.6 Å². The Morgan fingerprint density at radius 3 is 1.52 bits per heavy atom. The predicted molar refractivity (Wildman–Crippen MR) is 241 cm³/mol. The minimum Gasteiger partial charge on any atom is -0.481 e. The number of Topliss-reactive ketones (excluding diaryl/α,β-unsaturated/α-hetero) is 1. The number of nitrogens with two attached hydrogens (primary N) is 1. The van der Waals surface area contributed by atoms with Crippen LogP contribution >= 0.6 is 0 Å². The lowest BCUT2D eigenvalue weighted by atomic mass is 9.89. The molecule has 4 aromatic heterocycles. The van der Waals surface area contributed by atoms with Crippen LogP contribution in [0, 0.1) is 71.8 Å². The topological polar surface area (TPSA) is 132 Å². The van der Waals surface area contributed by atoms with E-state index < -0.39 is 5.97 Å². The van der Waals surface area contributed by atoms with Crippen LogP contribution in [0.2, 0.25) is 0 Å². The van der Waals surface area contributed by atoms with Gasteiger partial charge in [-0.05, 0) is 183 Å². The fourth-order valence-corrected chi connectivity index (χ4v) is 11.3. The summed E-state index contributed by atoms with van der Waals surface area (Å²) >= 11 is 0. The van der Waals surface area contributed by atoms with Crippen LogP contribution in [0.4, 0.5) is 14.6 Å². The first-order chi connectivity index (χ1) is 30.5. The average Bonchev–Trinajstić information content (AvgIpc) is 4.05. The number of anilines is 1. The normalized spacial score (nSPS) is 24.3. The number of aliphatic carboxylic acids is 1. The van der Waals surface area contributed by atoms with Crippen molar-refractivity contribution in [2.24, 2.45) is 35.5 Å². The van der Waals surface area contributed by atoms with Crippen molar-refractivity contribution in [3.05, 3.63) is 137 Å². The molecular formula is C53H51F2N5O3. The number of hydrogen-bond donors (Lipinski definition) is 2. The van der Waals surface area contributed by atoms with Gasteiger partial charge in [0.15, 0.2) is 0 Å². The summed E-state index contributed by atoms with van der Waals surface area (Å²) in [5.74, 6) is 8.93. The van der Waals surface area contributed by atoms with Gasteiger partial charge in [0.1, 0.15) is 23.2 Å². The molecule has 4 fully saturated rings. The lowest BCUT2D eigenvalue weighted by Crippen LogP contribution is -2.11. The maximum atomic E-state index is 13.8. The van der Waals surface area contributed by atoms with Gasteiger partial charge in [0, 0.05) is 71.6 Å². The molecule has 4 aliphatic carbocycles. The Labute approximate surface area is 367 Å². The average molecular weight is 844 g/mol. The lowest BCUT2D eigenvalue weighted by Gasteiger charge is -2.16. The van der Waals surface area contributed by atoms with Crippen LogP contribution < -0.4 is 5.73 Å². The van der Waals surface area contributed by atoms with E-state index in [1.165, 1.54) is 23.3 Å². The number of aromatic nitrogens is 4. The molecule has 10 heteroatoms. The van der Waals surface area contributed by atoms with Crippen molar-refractivity contribution < 1.29 is 23.5 Å². The molecule has 3 N–H and O–H groups in total. The molecule has 4 aliphatic rings. The van der Waals surface area contributed by atoms with E-state index in [0.29, 0.717) is 72.4 Å². The summed E-state index contributed by atoms with van der Waals surface area (Å²) in [5.41, 5.74) is 11.7. The van der Waals surface area contributed by atoms with Gasteiger partial charge in [-0.15, -0.1) is 12.8 Å². The Kier molecular flexibility index (Phi) is 13.2. The maximum absolute atomic E-state index is 13.8. The van der Waals surface area contributed by atoms with Crippen molar-refractivity contribution in [1.82, 2.24) is 19.9 Å². The van der Waals surface area contributed by atoms with Crippen LogP contribution in [0.5, 0.6) is 0 Å². The zero-order valence-corrected chi connectivity index (χ0v) is 35.2. The van der Waals surface area contributed by atoms with Crippen LogP contribution in [-0.2, 0) is 16.0 Å². The fourth-order valence-electron chi connectivity index (χ4n) is 11.3. The summed E-state index contributed by atoms with van der Waals surface area (Å²) in [4.78, 5) is 40.3. The number of ketones is 1. The van der Waals surface area contributed by atoms with Gasteiger partial charge in [0.25, 0.3) is 0 Å². The zero-order valence-electron chi connectivity index (χ0n) is 35.2. The molecule has 4 saturated carbocycles. The highest BCUT2D eigenvalue weighted by Gasteiger charge is 2.44. The summed E-state index contributed by atoms with van der Waals surface area (Å²) in [7, 11) is 0. The smallest absolute Gasteiger partial charge is 0.303 e. The largest absolute Gasteiger partial charge is 0.481 e. The van der Waals surface area contributed by atoms with Crippen molar-refractivity contribution in [2.75, 3.05) is 5.73 Å². The number of pyridine rings is 4. The number of benzene rings is 2. The Bertz CT molecular complexity index is 2660. The van der Waals surface area contributed by atoms with Crippen molar-refractivity contribution in [3.8, 4) is 24.7 Å². The molecule has 8 nitrogen and oxygen atoms in total. The van der Waals surface area contributed by atoms with Crippen LogP contribution in [0.1, 0.15) is 104 Å². The van der Waals surface area contributed by atoms with E-state index in [0.717, 1.165) is 90.0 Å². The van der Waals surface area contributed by atoms with E-state index in [1.54, 1.807) is 48.8 Å². The maximum Gasteiger partial charge on any atom is 0.303 e. The summed E-state index contributed by atoms with van der Waals surface area (Å²) in [6, 6.07) is 20.9. The fraction of sp³-hybridized carbons (Fsp3) is 0.358. The Morgan fingerprint density at radius 1 is 0.619 bits per heavy atom. The molecule has 2 aromatic carbocycles. The highest BCUT2D eigenvalue weighted by molar-refractivity contribution is 5.83. The number of nitrogens with zero attached hydrogens (tertiary/aromatic N) is 4. The standard InChI is InChI=1S/C27H25FN2O.C19H20FNO2.C7H6N2/c1-2-17-3-5-23(30-16-17)15-24(31)11-18-9-19-12-21(13-20(19)10-18)25-7-8-29-27-6-4-22(28)14-26(25)27;20-15-1-2-18-17(10-15)16(3-4-21-18)14-8-12-5-11(7-19(22)23)6-13(12)9-14;1-2-6-3-4-7(8)9-5-6/h1,3-8,14,16,18-21H,9-13,15H2;1-4,10-14H,5-9H2,(H,22,23);1,3-5H,(H2,8,9)/t18?,19-,20+,21?;11?,12-,13+,14?;. The number of carbonyl (C=O) groups excluding carboxylic acids is 1. The Hall–Kier alpha value is -6.52. The second-order valence-electron chi connectivity index (χ2n) is 18.0. The zero-order chi connectivity index (χ0) is 44.0. The summed E-state index contributed by atoms with van der Waals surface area (Å²) in [6.07, 6.45) is 27.4. The number of terminal acetylenes is 2. The summed E-state index contributed by atoms with van der Waals surface area (Å²) in [6.45, 7) is 0. The quantitative estimate of drug-likeness (QED) is 0.145. The monoisotopic (exact) mass is 843 g/mol. The molecule has 0 amide bonds. The molecule has 0 bridgehead atoms. The number of carboxylic acids is 1. The van der Waals surface area contributed by atoms with Gasteiger partial charge in [-0.1, -0.05) is 11.8 Å². The van der Waals surface area contributed by atoms with Crippen LogP contribution in [-0.4, -0.2) is 36.8 Å². The van der Waals surface area contributed by atoms with Crippen LogP contribution in [0.25, 0.3) is 21.8 Å². The minimum absolute atomic E-state index is 0.207. The number of nitrogen functional groups attached to an aromatic ring is 1. The number of rotatable bonds is 8. The highest BCUT2D eigenvalue weighted by atomic mass is 19.1. The van der Waals surface area contributed by atoms with Crippen LogP contribution in [0.3, 0.4) is 0 Å². The van der Waals surface area contributed by atoms with Gasteiger partial charge in [0.05, 0.1) is 11.0 Å². The molecule has 63 heavy (non-hydrogen) atoms. The number of hydrogen-bond acceptors (Lipinski definition) is 7. The number of halogens is 2.